The third-order valence-corrected chi connectivity index (χ3v) is 1.39. The molecule has 0 spiro atoms. The summed E-state index contributed by atoms with van der Waals surface area (Å²) in [4.78, 5) is 20.3. The average Bonchev–Trinajstić information content (AvgIpc) is 2.26. The van der Waals surface area contributed by atoms with Gasteiger partial charge < -0.3 is 20.1 Å². The second-order valence-corrected chi connectivity index (χ2v) is 3.02. The van der Waals surface area contributed by atoms with Crippen molar-refractivity contribution in [1.82, 2.24) is 0 Å². The summed E-state index contributed by atoms with van der Waals surface area (Å²) in [5, 5.41) is 24.5. The van der Waals surface area contributed by atoms with E-state index < -0.39 is 11.9 Å². The van der Waals surface area contributed by atoms with Crippen molar-refractivity contribution in [2.75, 3.05) is 19.8 Å². The molecule has 0 radical (unpaired) electrons. The predicted molar refractivity (Wildman–Crippen MR) is 61.3 cm³/mol. The minimum absolute atomic E-state index is 0.0473. The first-order chi connectivity index (χ1) is 7.86. The lowest BCUT2D eigenvalue weighted by molar-refractivity contribution is -0.140. The largest absolute Gasteiger partial charge is 0.478 e. The Balaban J connectivity index is 0. The molecule has 0 amide bonds. The van der Waals surface area contributed by atoms with Crippen molar-refractivity contribution in [3.05, 3.63) is 24.3 Å². The summed E-state index contributed by atoms with van der Waals surface area (Å²) in [6, 6.07) is 0. The zero-order valence-corrected chi connectivity index (χ0v) is 9.81. The number of aliphatic hydroxyl groups is 2. The molecule has 6 nitrogen and oxygen atoms in total. The minimum Gasteiger partial charge on any atom is -0.478 e. The van der Waals surface area contributed by atoms with Gasteiger partial charge in [0.2, 0.25) is 0 Å². The number of carbonyl (C=O) groups excluding carboxylic acids is 1. The van der Waals surface area contributed by atoms with Crippen molar-refractivity contribution in [3.8, 4) is 0 Å². The Kier molecular flexibility index (Phi) is 11.3. The van der Waals surface area contributed by atoms with Gasteiger partial charge in [-0.25, -0.2) is 9.59 Å². The van der Waals surface area contributed by atoms with Gasteiger partial charge in [-0.1, -0.05) is 13.2 Å². The molecule has 0 unspecified atom stereocenters. The molecule has 17 heavy (non-hydrogen) atoms. The van der Waals surface area contributed by atoms with E-state index in [0.717, 1.165) is 0 Å². The molecule has 6 heteroatoms. The van der Waals surface area contributed by atoms with Crippen LogP contribution >= 0.6 is 0 Å². The molecule has 3 N–H and O–H groups in total. The first-order valence-corrected chi connectivity index (χ1v) is 4.82. The van der Waals surface area contributed by atoms with Crippen LogP contribution in [0.1, 0.15) is 13.3 Å². The highest BCUT2D eigenvalue weighted by atomic mass is 16.5. The molecule has 0 saturated carbocycles. The van der Waals surface area contributed by atoms with Crippen molar-refractivity contribution in [3.63, 3.8) is 0 Å². The first kappa shape index (κ1) is 17.7. The number of carbonyl (C=O) groups is 2. The van der Waals surface area contributed by atoms with Gasteiger partial charge in [0.05, 0.1) is 6.61 Å². The fraction of sp³-hybridized carbons (Fsp3) is 0.455. The van der Waals surface area contributed by atoms with Crippen LogP contribution in [0.2, 0.25) is 0 Å². The topological polar surface area (TPSA) is 104 Å². The van der Waals surface area contributed by atoms with Crippen molar-refractivity contribution in [1.29, 1.82) is 0 Å². The predicted octanol–water partition coefficient (Wildman–Crippen LogP) is 0.108. The minimum atomic E-state index is -1.04. The van der Waals surface area contributed by atoms with Gasteiger partial charge in [0.15, 0.2) is 0 Å². The van der Waals surface area contributed by atoms with Gasteiger partial charge in [-0.05, 0) is 6.92 Å². The number of aliphatic hydroxyl groups excluding tert-OH is 2. The normalized spacial score (nSPS) is 8.65. The molecule has 0 saturated heterocycles. The second-order valence-electron chi connectivity index (χ2n) is 3.02. The van der Waals surface area contributed by atoms with E-state index in [4.69, 9.17) is 15.3 Å². The van der Waals surface area contributed by atoms with E-state index in [-0.39, 0.29) is 31.8 Å². The molecule has 0 aliphatic carbocycles. The molecule has 0 aromatic rings. The van der Waals surface area contributed by atoms with E-state index in [1.807, 2.05) is 0 Å². The van der Waals surface area contributed by atoms with Gasteiger partial charge in [0.25, 0.3) is 0 Å². The highest BCUT2D eigenvalue weighted by molar-refractivity contribution is 5.86. The maximum absolute atomic E-state index is 10.5. The van der Waals surface area contributed by atoms with Crippen LogP contribution in [0.3, 0.4) is 0 Å². The van der Waals surface area contributed by atoms with E-state index in [1.54, 1.807) is 6.92 Å². The van der Waals surface area contributed by atoms with Crippen LogP contribution in [0.15, 0.2) is 24.3 Å². The van der Waals surface area contributed by atoms with E-state index in [2.05, 4.69) is 17.9 Å². The molecule has 0 rings (SSSR count). The summed E-state index contributed by atoms with van der Waals surface area (Å²) in [5.41, 5.74) is 0.399. The Morgan fingerprint density at radius 1 is 1.18 bits per heavy atom. The monoisotopic (exact) mass is 246 g/mol. The number of esters is 1. The molecule has 0 aliphatic heterocycles. The quantitative estimate of drug-likeness (QED) is 0.454. The van der Waals surface area contributed by atoms with E-state index >= 15 is 0 Å². The molecule has 0 aliphatic rings. The number of hydrogen-bond acceptors (Lipinski definition) is 5. The second kappa shape index (κ2) is 10.8. The van der Waals surface area contributed by atoms with Crippen molar-refractivity contribution in [2.45, 2.75) is 13.3 Å². The maximum Gasteiger partial charge on any atom is 0.333 e. The Morgan fingerprint density at radius 2 is 1.71 bits per heavy atom. The molecule has 0 bridgehead atoms. The van der Waals surface area contributed by atoms with Crippen LogP contribution < -0.4 is 0 Å². The fourth-order valence-electron chi connectivity index (χ4n) is 0.503. The third-order valence-electron chi connectivity index (χ3n) is 1.39. The number of carboxylic acid groups (broad SMARTS) is 1. The zero-order valence-electron chi connectivity index (χ0n) is 9.81. The van der Waals surface area contributed by atoms with E-state index in [0.29, 0.717) is 5.57 Å². The van der Waals surface area contributed by atoms with Crippen molar-refractivity contribution < 1.29 is 29.6 Å². The Labute approximate surface area is 99.8 Å². The highest BCUT2D eigenvalue weighted by Gasteiger charge is 2.00. The molecule has 0 atom stereocenters. The summed E-state index contributed by atoms with van der Waals surface area (Å²) < 4.78 is 4.46. The molecule has 0 aromatic heterocycles. The number of rotatable bonds is 6. The summed E-state index contributed by atoms with van der Waals surface area (Å²) in [6.07, 6.45) is 0.148. The Bertz CT molecular complexity index is 282. The summed E-state index contributed by atoms with van der Waals surface area (Å²) >= 11 is 0. The summed E-state index contributed by atoms with van der Waals surface area (Å²) in [6.45, 7) is 7.85. The van der Waals surface area contributed by atoms with Crippen LogP contribution in [-0.4, -0.2) is 47.1 Å². The molecule has 0 heterocycles. The standard InChI is InChI=1S/C6H10O3.C5H8O3/c1-5(2)6(8)9-4-3-7;1-4(2-3-6)5(7)8/h7H,1,3-4H2,2H3;6H,1-3H2,(H,7,8). The molecular formula is C11H18O6. The van der Waals surface area contributed by atoms with Gasteiger partial charge in [-0.2, -0.15) is 0 Å². The van der Waals surface area contributed by atoms with Gasteiger partial charge in [-0.15, -0.1) is 0 Å². The Morgan fingerprint density at radius 3 is 1.94 bits per heavy atom. The van der Waals surface area contributed by atoms with Crippen LogP contribution in [0.4, 0.5) is 0 Å². The van der Waals surface area contributed by atoms with Crippen LogP contribution in [-0.2, 0) is 14.3 Å². The smallest absolute Gasteiger partial charge is 0.333 e. The lowest BCUT2D eigenvalue weighted by atomic mass is 10.2. The summed E-state index contributed by atoms with van der Waals surface area (Å²) in [7, 11) is 0. The Hall–Kier alpha value is -1.66. The molecule has 98 valence electrons. The number of aliphatic carboxylic acids is 1. The summed E-state index contributed by atoms with van der Waals surface area (Å²) in [5.74, 6) is -1.50. The van der Waals surface area contributed by atoms with Gasteiger partial charge >= 0.3 is 11.9 Å². The van der Waals surface area contributed by atoms with E-state index in [9.17, 15) is 9.59 Å². The number of carboxylic acids is 1. The maximum atomic E-state index is 10.5. The number of ether oxygens (including phenoxy) is 1. The third kappa shape index (κ3) is 12.3. The van der Waals surface area contributed by atoms with Crippen molar-refractivity contribution in [2.24, 2.45) is 0 Å². The van der Waals surface area contributed by atoms with Crippen molar-refractivity contribution >= 4 is 11.9 Å². The molecular weight excluding hydrogens is 228 g/mol. The van der Waals surface area contributed by atoms with Gasteiger partial charge in [0.1, 0.15) is 6.61 Å². The lowest BCUT2D eigenvalue weighted by Crippen LogP contribution is -2.08. The lowest BCUT2D eigenvalue weighted by Gasteiger charge is -1.99. The SMILES string of the molecule is C=C(C)C(=O)OCCO.C=C(CCO)C(=O)O. The van der Waals surface area contributed by atoms with Crippen LogP contribution in [0.25, 0.3) is 0 Å². The zero-order chi connectivity index (χ0) is 13.8. The average molecular weight is 246 g/mol. The molecule has 0 aromatic carbocycles. The number of hydrogen-bond donors (Lipinski definition) is 3. The van der Waals surface area contributed by atoms with Gasteiger partial charge in [0, 0.05) is 24.2 Å². The van der Waals surface area contributed by atoms with Crippen LogP contribution in [0.5, 0.6) is 0 Å². The molecule has 0 fully saturated rings. The van der Waals surface area contributed by atoms with E-state index in [1.165, 1.54) is 0 Å². The fourth-order valence-corrected chi connectivity index (χ4v) is 0.503. The van der Waals surface area contributed by atoms with Gasteiger partial charge in [-0.3, -0.25) is 0 Å². The first-order valence-electron chi connectivity index (χ1n) is 4.82. The highest BCUT2D eigenvalue weighted by Crippen LogP contribution is 1.94. The van der Waals surface area contributed by atoms with Crippen LogP contribution in [0, 0.1) is 0 Å².